The molecular weight excluding hydrogens is 841 g/mol. The predicted molar refractivity (Wildman–Crippen MR) is 263 cm³/mol. The fourth-order valence-corrected chi connectivity index (χ4v) is 9.27. The van der Waals surface area contributed by atoms with E-state index >= 15 is 0 Å². The van der Waals surface area contributed by atoms with Crippen molar-refractivity contribution in [3.05, 3.63) is 0 Å². The smallest absolute Gasteiger partial charge is 0.317 e. The number of ether oxygens (including phenoxy) is 3. The minimum Gasteiger partial charge on any atom is -0.481 e. The summed E-state index contributed by atoms with van der Waals surface area (Å²) in [7, 11) is 3.70. The summed E-state index contributed by atoms with van der Waals surface area (Å²) in [5, 5.41) is 24.1. The van der Waals surface area contributed by atoms with Gasteiger partial charge in [-0.2, -0.15) is 0 Å². The summed E-state index contributed by atoms with van der Waals surface area (Å²) in [6.07, 6.45) is 23.7. The molecule has 386 valence electrons. The number of unbranched alkanes of at least 4 members (excludes halogenated alkanes) is 16. The minimum absolute atomic E-state index is 0.0589. The van der Waals surface area contributed by atoms with Crippen LogP contribution in [0.15, 0.2) is 0 Å². The first kappa shape index (κ1) is 62.8. The maximum absolute atomic E-state index is 14.6. The molecule has 0 aliphatic carbocycles. The van der Waals surface area contributed by atoms with Gasteiger partial charge in [-0.3, -0.25) is 28.8 Å². The molecule has 0 aromatic heterocycles. The molecule has 13 nitrogen and oxygen atoms in total. The molecule has 0 spiro atoms. The van der Waals surface area contributed by atoms with Crippen molar-refractivity contribution in [1.82, 2.24) is 10.2 Å². The topological polar surface area (TPSA) is 186 Å². The lowest BCUT2D eigenvalue weighted by atomic mass is 9.57. The van der Waals surface area contributed by atoms with Gasteiger partial charge >= 0.3 is 29.8 Å². The van der Waals surface area contributed by atoms with Crippen molar-refractivity contribution in [2.45, 2.75) is 228 Å². The normalized spacial score (nSPS) is 14.0. The Balaban J connectivity index is 6.57. The standard InChI is InChI=1S/C53H98N2O11/c1-9-13-17-21-23-27-30-43(29-25-19-15-11-3)40-53(51(62)63,35-33-45(56)57)49(50(61)54-36-34-46(58)64-38-37-55(7)8)52(5,6)42-66-48(60)39-47(59)65-41-44(31-26-20-16-12-4)32-28-24-22-18-14-10-2/h43-44,49H,9-42H2,1-8H3,(H,54,61)(H,56,57)(H,62,63). The first-order chi connectivity index (χ1) is 31.5. The SMILES string of the molecule is CCCCCCCCC(CCCCCC)COC(=O)CC(=O)OCC(C)(C)C(C(=O)NCCC(=O)OCCN(C)C)C(CCC(=O)O)(CC(CCCCCC)CCCCCCCC)C(=O)O. The van der Waals surface area contributed by atoms with Gasteiger partial charge in [-0.25, -0.2) is 0 Å². The predicted octanol–water partition coefficient (Wildman–Crippen LogP) is 11.7. The highest BCUT2D eigenvalue weighted by Gasteiger charge is 2.56. The van der Waals surface area contributed by atoms with Crippen molar-refractivity contribution >= 4 is 35.8 Å². The number of amides is 1. The fourth-order valence-electron chi connectivity index (χ4n) is 9.27. The summed E-state index contributed by atoms with van der Waals surface area (Å²) in [5.74, 6) is -6.52. The molecule has 0 aromatic carbocycles. The number of carbonyl (C=O) groups excluding carboxylic acids is 4. The lowest BCUT2D eigenvalue weighted by molar-refractivity contribution is -0.171. The molecule has 0 radical (unpaired) electrons. The highest BCUT2D eigenvalue weighted by molar-refractivity contribution is 5.91. The van der Waals surface area contributed by atoms with E-state index < -0.39 is 72.0 Å². The molecule has 0 rings (SSSR count). The third-order valence-corrected chi connectivity index (χ3v) is 13.1. The molecule has 0 aromatic rings. The number of nitrogens with zero attached hydrogens (tertiary/aromatic N) is 1. The lowest BCUT2D eigenvalue weighted by Gasteiger charge is -2.46. The molecule has 0 bridgehead atoms. The number of carbonyl (C=O) groups is 6. The Labute approximate surface area is 401 Å². The molecule has 4 atom stereocenters. The van der Waals surface area contributed by atoms with E-state index in [-0.39, 0.29) is 50.9 Å². The van der Waals surface area contributed by atoms with E-state index in [4.69, 9.17) is 14.2 Å². The van der Waals surface area contributed by atoms with E-state index in [1.165, 1.54) is 25.7 Å². The highest BCUT2D eigenvalue weighted by Crippen LogP contribution is 2.50. The van der Waals surface area contributed by atoms with Crippen molar-refractivity contribution in [1.29, 1.82) is 0 Å². The second kappa shape index (κ2) is 38.7. The molecular formula is C53H98N2O11. The Morgan fingerprint density at radius 2 is 1.03 bits per heavy atom. The van der Waals surface area contributed by atoms with Crippen molar-refractivity contribution in [2.75, 3.05) is 47.0 Å². The minimum atomic E-state index is -1.87. The van der Waals surface area contributed by atoms with Gasteiger partial charge in [-0.05, 0) is 51.6 Å². The van der Waals surface area contributed by atoms with Crippen molar-refractivity contribution < 1.29 is 53.2 Å². The van der Waals surface area contributed by atoms with Crippen LogP contribution in [0.4, 0.5) is 0 Å². The van der Waals surface area contributed by atoms with Crippen LogP contribution in [0.2, 0.25) is 0 Å². The maximum atomic E-state index is 14.6. The third kappa shape index (κ3) is 30.2. The monoisotopic (exact) mass is 939 g/mol. The first-order valence-corrected chi connectivity index (χ1v) is 26.3. The Kier molecular flexibility index (Phi) is 36.8. The van der Waals surface area contributed by atoms with Gasteiger partial charge in [0, 0.05) is 24.9 Å². The largest absolute Gasteiger partial charge is 0.481 e. The number of carboxylic acid groups (broad SMARTS) is 2. The number of rotatable bonds is 45. The summed E-state index contributed by atoms with van der Waals surface area (Å²) in [6, 6.07) is 0. The van der Waals surface area contributed by atoms with Gasteiger partial charge in [0.1, 0.15) is 13.0 Å². The van der Waals surface area contributed by atoms with E-state index in [0.717, 1.165) is 128 Å². The number of likely N-dealkylation sites (N-methyl/N-ethyl adjacent to an activating group) is 1. The van der Waals surface area contributed by atoms with Gasteiger partial charge in [-0.15, -0.1) is 0 Å². The van der Waals surface area contributed by atoms with Crippen molar-refractivity contribution in [2.24, 2.45) is 28.6 Å². The molecule has 0 aliphatic heterocycles. The molecule has 66 heavy (non-hydrogen) atoms. The van der Waals surface area contributed by atoms with Crippen LogP contribution >= 0.6 is 0 Å². The van der Waals surface area contributed by atoms with Crippen LogP contribution in [-0.2, 0) is 43.0 Å². The first-order valence-electron chi connectivity index (χ1n) is 26.3. The number of nitrogens with one attached hydrogen (secondary N) is 1. The number of esters is 3. The van der Waals surface area contributed by atoms with Crippen LogP contribution in [0.5, 0.6) is 0 Å². The molecule has 0 saturated heterocycles. The zero-order chi connectivity index (χ0) is 49.6. The molecule has 0 heterocycles. The fraction of sp³-hybridized carbons (Fsp3) is 0.887. The maximum Gasteiger partial charge on any atom is 0.317 e. The van der Waals surface area contributed by atoms with Crippen LogP contribution in [0.3, 0.4) is 0 Å². The van der Waals surface area contributed by atoms with Crippen LogP contribution in [0.1, 0.15) is 228 Å². The Morgan fingerprint density at radius 1 is 0.576 bits per heavy atom. The van der Waals surface area contributed by atoms with E-state index in [1.54, 1.807) is 13.8 Å². The zero-order valence-electron chi connectivity index (χ0n) is 43.3. The summed E-state index contributed by atoms with van der Waals surface area (Å²) in [4.78, 5) is 81.7. The summed E-state index contributed by atoms with van der Waals surface area (Å²) < 4.78 is 16.7. The Bertz CT molecular complexity index is 1320. The summed E-state index contributed by atoms with van der Waals surface area (Å²) in [5.41, 5.74) is -3.23. The molecule has 4 unspecified atom stereocenters. The third-order valence-electron chi connectivity index (χ3n) is 13.1. The Hall–Kier alpha value is -3.22. The van der Waals surface area contributed by atoms with E-state index in [9.17, 15) is 39.0 Å². The van der Waals surface area contributed by atoms with Crippen LogP contribution in [0.25, 0.3) is 0 Å². The van der Waals surface area contributed by atoms with Crippen LogP contribution in [0, 0.1) is 28.6 Å². The van der Waals surface area contributed by atoms with Crippen molar-refractivity contribution in [3.8, 4) is 0 Å². The van der Waals surface area contributed by atoms with Crippen molar-refractivity contribution in [3.63, 3.8) is 0 Å². The van der Waals surface area contributed by atoms with E-state index in [2.05, 4.69) is 33.0 Å². The highest BCUT2D eigenvalue weighted by atomic mass is 16.6. The van der Waals surface area contributed by atoms with E-state index in [1.807, 2.05) is 19.0 Å². The van der Waals surface area contributed by atoms with Gasteiger partial charge in [0.15, 0.2) is 0 Å². The number of carboxylic acids is 2. The lowest BCUT2D eigenvalue weighted by Crippen LogP contribution is -2.55. The second-order valence-electron chi connectivity index (χ2n) is 20.1. The average molecular weight is 939 g/mol. The van der Waals surface area contributed by atoms with Gasteiger partial charge in [0.05, 0.1) is 31.0 Å². The molecule has 3 N–H and O–H groups in total. The number of hydrogen-bond acceptors (Lipinski definition) is 10. The average Bonchev–Trinajstić information content (AvgIpc) is 3.25. The Morgan fingerprint density at radius 3 is 1.50 bits per heavy atom. The van der Waals surface area contributed by atoms with Gasteiger partial charge in [-0.1, -0.05) is 183 Å². The van der Waals surface area contributed by atoms with Crippen LogP contribution < -0.4 is 5.32 Å². The van der Waals surface area contributed by atoms with Gasteiger partial charge < -0.3 is 34.6 Å². The molecule has 13 heteroatoms. The molecule has 0 saturated carbocycles. The number of aliphatic carboxylic acids is 2. The molecule has 1 amide bonds. The van der Waals surface area contributed by atoms with E-state index in [0.29, 0.717) is 6.54 Å². The van der Waals surface area contributed by atoms with Crippen LogP contribution in [-0.4, -0.2) is 97.9 Å². The second-order valence-corrected chi connectivity index (χ2v) is 20.1. The quantitative estimate of drug-likeness (QED) is 0.0227. The summed E-state index contributed by atoms with van der Waals surface area (Å²) in [6.45, 7) is 12.3. The number of hydrogen-bond donors (Lipinski definition) is 3. The van der Waals surface area contributed by atoms with Gasteiger partial charge in [0.25, 0.3) is 0 Å². The summed E-state index contributed by atoms with van der Waals surface area (Å²) >= 11 is 0. The zero-order valence-corrected chi connectivity index (χ0v) is 43.3. The molecule has 0 fully saturated rings. The van der Waals surface area contributed by atoms with Gasteiger partial charge in [0.2, 0.25) is 5.91 Å². The molecule has 0 aliphatic rings.